The van der Waals surface area contributed by atoms with E-state index >= 15 is 0 Å². The summed E-state index contributed by atoms with van der Waals surface area (Å²) in [7, 11) is 0. The van der Waals surface area contributed by atoms with E-state index in [1.54, 1.807) is 6.07 Å². The predicted molar refractivity (Wildman–Crippen MR) is 134 cm³/mol. The van der Waals surface area contributed by atoms with Crippen molar-refractivity contribution in [2.75, 3.05) is 26.2 Å². The zero-order valence-electron chi connectivity index (χ0n) is 20.6. The van der Waals surface area contributed by atoms with Crippen molar-refractivity contribution in [3.05, 3.63) is 35.9 Å². The van der Waals surface area contributed by atoms with Crippen LogP contribution in [0.25, 0.3) is 0 Å². The van der Waals surface area contributed by atoms with Crippen LogP contribution in [0.3, 0.4) is 0 Å². The van der Waals surface area contributed by atoms with E-state index in [4.69, 9.17) is 18.0 Å². The molecular weight excluding hydrogens is 524 g/mol. The van der Waals surface area contributed by atoms with Gasteiger partial charge in [0.15, 0.2) is 13.1 Å². The van der Waals surface area contributed by atoms with Gasteiger partial charge in [0.2, 0.25) is 6.17 Å². The average molecular weight is 556 g/mol. The normalized spacial score (nSPS) is 13.9. The van der Waals surface area contributed by atoms with E-state index in [2.05, 4.69) is 15.5 Å². The number of nitrogens with two attached hydrogens (primary N) is 1. The second-order valence-corrected chi connectivity index (χ2v) is 9.12. The Kier molecular flexibility index (Phi) is 11.6. The minimum atomic E-state index is -2.47. The Balaban J connectivity index is 4.53. The van der Waals surface area contributed by atoms with Crippen LogP contribution in [0.1, 0.15) is 37.9 Å². The molecular formula is C23H31N4O10S+. The van der Waals surface area contributed by atoms with Gasteiger partial charge in [-0.15, -0.1) is 0 Å². The third-order valence-electron chi connectivity index (χ3n) is 6.51. The molecule has 0 heterocycles. The van der Waals surface area contributed by atoms with Gasteiger partial charge in [0, 0.05) is 18.7 Å². The van der Waals surface area contributed by atoms with Gasteiger partial charge in [-0.3, -0.25) is 18.9 Å². The maximum Gasteiger partial charge on any atom is 0.359 e. The van der Waals surface area contributed by atoms with E-state index in [0.29, 0.717) is 0 Å². The van der Waals surface area contributed by atoms with E-state index in [1.165, 1.54) is 31.2 Å². The number of rotatable bonds is 18. The summed E-state index contributed by atoms with van der Waals surface area (Å²) in [6.07, 6.45) is -4.84. The lowest BCUT2D eigenvalue weighted by Gasteiger charge is -2.59. The first-order chi connectivity index (χ1) is 17.7. The molecule has 0 aliphatic carbocycles. The molecule has 0 radical (unpaired) electrons. The molecule has 0 bridgehead atoms. The van der Waals surface area contributed by atoms with E-state index < -0.39 is 83.9 Å². The molecule has 1 rings (SSSR count). The number of benzene rings is 1. The number of aliphatic carboxylic acids is 5. The van der Waals surface area contributed by atoms with E-state index in [-0.39, 0.29) is 18.7 Å². The van der Waals surface area contributed by atoms with Crippen LogP contribution >= 0.6 is 12.2 Å². The van der Waals surface area contributed by atoms with Crippen molar-refractivity contribution in [1.29, 1.82) is 0 Å². The monoisotopic (exact) mass is 555 g/mol. The fourth-order valence-electron chi connectivity index (χ4n) is 5.20. The highest BCUT2D eigenvalue weighted by molar-refractivity contribution is 7.78. The second-order valence-electron chi connectivity index (χ2n) is 8.93. The largest absolute Gasteiger partial charge is 0.481 e. The van der Waals surface area contributed by atoms with Crippen molar-refractivity contribution >= 4 is 47.2 Å². The zero-order chi connectivity index (χ0) is 29.1. The lowest BCUT2D eigenvalue weighted by molar-refractivity contribution is -0.994. The summed E-state index contributed by atoms with van der Waals surface area (Å²) in [5.74, 6) is -8.00. The van der Waals surface area contributed by atoms with Gasteiger partial charge in [0.05, 0.1) is 17.1 Å². The van der Waals surface area contributed by atoms with Gasteiger partial charge in [-0.2, -0.15) is 4.99 Å². The molecule has 15 heteroatoms. The van der Waals surface area contributed by atoms with Crippen LogP contribution in [-0.4, -0.2) is 102 Å². The molecule has 2 atom stereocenters. The highest BCUT2D eigenvalue weighted by Gasteiger charge is 2.68. The standard InChI is InChI=1S/C23H30N4O10S/c1-22(9-16(28)29,26-8-7-24)23(10-17(30)31,11-18(32)33)27(12-19(34)35,13-20(36)37)21(25-14-38)15-5-3-2-4-6-15/h2-6,21,26H,7-13,24H2,1H3,(H4-,28,29,30,31,32,33,34,35,36,37)/p+1. The van der Waals surface area contributed by atoms with Crippen molar-refractivity contribution in [3.63, 3.8) is 0 Å². The Morgan fingerprint density at radius 2 is 1.39 bits per heavy atom. The van der Waals surface area contributed by atoms with Crippen molar-refractivity contribution in [3.8, 4) is 0 Å². The number of aliphatic imine (C=N–C) groups is 1. The van der Waals surface area contributed by atoms with E-state index in [0.717, 1.165) is 0 Å². The molecule has 38 heavy (non-hydrogen) atoms. The lowest BCUT2D eigenvalue weighted by atomic mass is 9.67. The molecule has 0 saturated carbocycles. The van der Waals surface area contributed by atoms with Gasteiger partial charge < -0.3 is 36.6 Å². The Morgan fingerprint density at radius 3 is 1.76 bits per heavy atom. The molecule has 0 spiro atoms. The van der Waals surface area contributed by atoms with E-state index in [1.807, 2.05) is 0 Å². The number of carboxylic acids is 5. The molecule has 0 fully saturated rings. The maximum atomic E-state index is 12.4. The number of quaternary nitrogens is 1. The maximum absolute atomic E-state index is 12.4. The van der Waals surface area contributed by atoms with Crippen molar-refractivity contribution in [2.24, 2.45) is 10.7 Å². The summed E-state index contributed by atoms with van der Waals surface area (Å²) in [4.78, 5) is 65.6. The van der Waals surface area contributed by atoms with Crippen LogP contribution < -0.4 is 11.1 Å². The van der Waals surface area contributed by atoms with Crippen LogP contribution in [-0.2, 0) is 24.0 Å². The Bertz CT molecular complexity index is 1060. The quantitative estimate of drug-likeness (QED) is 0.0731. The summed E-state index contributed by atoms with van der Waals surface area (Å²) in [5, 5.41) is 54.8. The summed E-state index contributed by atoms with van der Waals surface area (Å²) >= 11 is 4.78. The first-order valence-electron chi connectivity index (χ1n) is 11.2. The lowest BCUT2D eigenvalue weighted by Crippen LogP contribution is -2.80. The van der Waals surface area contributed by atoms with Gasteiger partial charge in [0.25, 0.3) is 0 Å². The van der Waals surface area contributed by atoms with Gasteiger partial charge in [-0.1, -0.05) is 30.3 Å². The fourth-order valence-corrected chi connectivity index (χ4v) is 5.30. The van der Waals surface area contributed by atoms with Crippen molar-refractivity contribution < 1.29 is 54.0 Å². The molecule has 0 aliphatic rings. The molecule has 0 aliphatic heterocycles. The smallest absolute Gasteiger partial charge is 0.359 e. The predicted octanol–water partition coefficient (Wildman–Crippen LogP) is 0.244. The van der Waals surface area contributed by atoms with Crippen LogP contribution in [0.4, 0.5) is 0 Å². The number of isothiocyanates is 1. The number of nitrogens with one attached hydrogen (secondary N) is 1. The molecule has 8 N–H and O–H groups in total. The number of carboxylic acid groups (broad SMARTS) is 5. The summed E-state index contributed by atoms with van der Waals surface area (Å²) in [5.41, 5.74) is 1.25. The van der Waals surface area contributed by atoms with Gasteiger partial charge in [0.1, 0.15) is 18.4 Å². The summed E-state index contributed by atoms with van der Waals surface area (Å²) in [6, 6.07) is 7.55. The van der Waals surface area contributed by atoms with Crippen LogP contribution in [0.15, 0.2) is 35.3 Å². The third-order valence-corrected chi connectivity index (χ3v) is 6.61. The number of carbonyl (C=O) groups is 5. The Labute approximate surface area is 223 Å². The molecule has 0 aromatic heterocycles. The average Bonchev–Trinajstić information content (AvgIpc) is 2.79. The Morgan fingerprint density at radius 1 is 0.921 bits per heavy atom. The summed E-state index contributed by atoms with van der Waals surface area (Å²) in [6.45, 7) is -1.34. The first-order valence-corrected chi connectivity index (χ1v) is 11.6. The van der Waals surface area contributed by atoms with Gasteiger partial charge in [-0.25, -0.2) is 9.59 Å². The van der Waals surface area contributed by atoms with Crippen LogP contribution in [0.5, 0.6) is 0 Å². The topological polar surface area (TPSA) is 237 Å². The highest BCUT2D eigenvalue weighted by atomic mass is 32.1. The SMILES string of the molecule is CC(CC(=O)O)(NCCN)C(CC(=O)O)(CC(=O)O)[N+](CC(=O)O)(CC(=O)O)C(N=C=S)c1ccccc1. The highest BCUT2D eigenvalue weighted by Crippen LogP contribution is 2.49. The fraction of sp³-hybridized carbons (Fsp3) is 0.478. The Hall–Kier alpha value is -3.75. The van der Waals surface area contributed by atoms with Gasteiger partial charge >= 0.3 is 29.8 Å². The second kappa shape index (κ2) is 13.7. The van der Waals surface area contributed by atoms with Crippen LogP contribution in [0, 0.1) is 0 Å². The van der Waals surface area contributed by atoms with Crippen molar-refractivity contribution in [2.45, 2.75) is 43.4 Å². The summed E-state index contributed by atoms with van der Waals surface area (Å²) < 4.78 is -1.36. The molecule has 0 saturated heterocycles. The zero-order valence-corrected chi connectivity index (χ0v) is 21.4. The molecule has 2 unspecified atom stereocenters. The number of hydrogen-bond acceptors (Lipinski definition) is 9. The molecule has 0 amide bonds. The minimum Gasteiger partial charge on any atom is -0.481 e. The molecule has 208 valence electrons. The number of hydrogen-bond donors (Lipinski definition) is 7. The first kappa shape index (κ1) is 32.3. The third kappa shape index (κ3) is 7.40. The van der Waals surface area contributed by atoms with Gasteiger partial charge in [-0.05, 0) is 19.1 Å². The van der Waals surface area contributed by atoms with E-state index in [9.17, 15) is 49.5 Å². The minimum absolute atomic E-state index is 0.0938. The molecule has 1 aromatic rings. The molecule has 14 nitrogen and oxygen atoms in total. The van der Waals surface area contributed by atoms with Crippen molar-refractivity contribution in [1.82, 2.24) is 5.32 Å². The van der Waals surface area contributed by atoms with Crippen LogP contribution in [0.2, 0.25) is 0 Å². The number of nitrogens with zero attached hydrogens (tertiary/aromatic N) is 2. The number of thiocarbonyl (C=S) groups is 1. The molecule has 1 aromatic carbocycles.